The Morgan fingerprint density at radius 1 is 0.957 bits per heavy atom. The Morgan fingerprint density at radius 3 is 2.35 bits per heavy atom. The normalized spacial score (nSPS) is 12.1. The number of hydrogen-bond acceptors (Lipinski definition) is 3. The van der Waals surface area contributed by atoms with Crippen molar-refractivity contribution in [1.29, 1.82) is 0 Å². The van der Waals surface area contributed by atoms with Crippen LogP contribution in [0.15, 0.2) is 42.7 Å². The Labute approximate surface area is 140 Å². The molecular formula is C20H28N2O. The van der Waals surface area contributed by atoms with Gasteiger partial charge in [-0.2, -0.15) is 0 Å². The summed E-state index contributed by atoms with van der Waals surface area (Å²) in [6, 6.07) is 9.99. The van der Waals surface area contributed by atoms with E-state index in [9.17, 15) is 0 Å². The Kier molecular flexibility index (Phi) is 7.58. The van der Waals surface area contributed by atoms with Crippen molar-refractivity contribution in [3.05, 3.63) is 42.7 Å². The molecule has 0 spiro atoms. The quantitative estimate of drug-likeness (QED) is 0.542. The first kappa shape index (κ1) is 17.5. The van der Waals surface area contributed by atoms with Crippen LogP contribution >= 0.6 is 0 Å². The van der Waals surface area contributed by atoms with E-state index in [0.29, 0.717) is 0 Å². The predicted molar refractivity (Wildman–Crippen MR) is 95.5 cm³/mol. The summed E-state index contributed by atoms with van der Waals surface area (Å²) >= 11 is 0. The highest BCUT2D eigenvalue weighted by atomic mass is 16.5. The molecule has 3 nitrogen and oxygen atoms in total. The zero-order valence-electron chi connectivity index (χ0n) is 14.4. The molecule has 1 atom stereocenters. The van der Waals surface area contributed by atoms with Crippen molar-refractivity contribution in [3.63, 3.8) is 0 Å². The summed E-state index contributed by atoms with van der Waals surface area (Å²) < 4.78 is 5.72. The second-order valence-corrected chi connectivity index (χ2v) is 6.17. The van der Waals surface area contributed by atoms with E-state index in [0.717, 1.165) is 36.1 Å². The van der Waals surface area contributed by atoms with Crippen molar-refractivity contribution >= 4 is 0 Å². The number of hydrogen-bond donors (Lipinski definition) is 0. The number of nitrogens with zero attached hydrogens (tertiary/aromatic N) is 2. The largest absolute Gasteiger partial charge is 0.490 e. The zero-order chi connectivity index (χ0) is 16.3. The predicted octanol–water partition coefficient (Wildman–Crippen LogP) is 5.52. The highest BCUT2D eigenvalue weighted by Gasteiger charge is 2.02. The minimum atomic E-state index is 0.739. The number of rotatable bonds is 10. The van der Waals surface area contributed by atoms with Crippen molar-refractivity contribution < 1.29 is 4.74 Å². The lowest BCUT2D eigenvalue weighted by Crippen LogP contribution is -1.99. The van der Waals surface area contributed by atoms with E-state index in [4.69, 9.17) is 4.74 Å². The van der Waals surface area contributed by atoms with Crippen molar-refractivity contribution in [2.24, 2.45) is 5.92 Å². The highest BCUT2D eigenvalue weighted by molar-refractivity contribution is 5.54. The number of unbranched alkanes of at least 4 members (excludes halogenated alkanes) is 3. The van der Waals surface area contributed by atoms with E-state index in [1.54, 1.807) is 12.4 Å². The molecule has 1 heterocycles. The summed E-state index contributed by atoms with van der Waals surface area (Å²) in [5, 5.41) is 0. The molecule has 0 aliphatic heterocycles. The summed E-state index contributed by atoms with van der Waals surface area (Å²) in [5.41, 5.74) is 1.03. The lowest BCUT2D eigenvalue weighted by Gasteiger charge is -2.08. The molecule has 0 saturated carbocycles. The van der Waals surface area contributed by atoms with Gasteiger partial charge in [-0.15, -0.1) is 0 Å². The van der Waals surface area contributed by atoms with Crippen LogP contribution in [0.4, 0.5) is 0 Å². The second kappa shape index (κ2) is 9.98. The van der Waals surface area contributed by atoms with Crippen molar-refractivity contribution in [3.8, 4) is 17.1 Å². The van der Waals surface area contributed by atoms with Gasteiger partial charge in [0.25, 0.3) is 0 Å². The molecule has 2 rings (SSSR count). The molecule has 0 amide bonds. The highest BCUT2D eigenvalue weighted by Crippen LogP contribution is 2.16. The van der Waals surface area contributed by atoms with E-state index in [1.165, 1.54) is 32.1 Å². The summed E-state index contributed by atoms with van der Waals surface area (Å²) in [4.78, 5) is 8.74. The van der Waals surface area contributed by atoms with Crippen LogP contribution in [0.1, 0.15) is 52.4 Å². The maximum atomic E-state index is 5.72. The molecule has 0 aliphatic carbocycles. The van der Waals surface area contributed by atoms with Crippen molar-refractivity contribution in [2.75, 3.05) is 6.61 Å². The zero-order valence-corrected chi connectivity index (χ0v) is 14.4. The molecule has 1 aromatic carbocycles. The van der Waals surface area contributed by atoms with Gasteiger partial charge in [0.15, 0.2) is 11.6 Å². The molecule has 0 radical (unpaired) electrons. The smallest absolute Gasteiger partial charge is 0.159 e. The van der Waals surface area contributed by atoms with Gasteiger partial charge in [-0.25, -0.2) is 9.97 Å². The maximum absolute atomic E-state index is 5.72. The van der Waals surface area contributed by atoms with Gasteiger partial charge in [-0.3, -0.25) is 0 Å². The van der Waals surface area contributed by atoms with Gasteiger partial charge in [0.1, 0.15) is 0 Å². The average molecular weight is 312 g/mol. The van der Waals surface area contributed by atoms with E-state index in [-0.39, 0.29) is 0 Å². The standard InChI is InChI=1S/C20H28N2O/c1-3-17(2)11-7-4-5-10-14-23-19-15-21-20(22-16-19)18-12-8-6-9-13-18/h6,8-9,12-13,15-17H,3-5,7,10-11,14H2,1-2H3. The fourth-order valence-corrected chi connectivity index (χ4v) is 2.47. The monoisotopic (exact) mass is 312 g/mol. The van der Waals surface area contributed by atoms with E-state index < -0.39 is 0 Å². The van der Waals surface area contributed by atoms with Crippen LogP contribution in [0.25, 0.3) is 11.4 Å². The van der Waals surface area contributed by atoms with Crippen LogP contribution in [0.5, 0.6) is 5.75 Å². The molecule has 124 valence electrons. The molecule has 1 aromatic heterocycles. The fourth-order valence-electron chi connectivity index (χ4n) is 2.47. The molecular weight excluding hydrogens is 284 g/mol. The molecule has 0 fully saturated rings. The van der Waals surface area contributed by atoms with Crippen LogP contribution in [-0.2, 0) is 0 Å². The SMILES string of the molecule is CCC(C)CCCCCCOc1cnc(-c2ccccc2)nc1. The second-order valence-electron chi connectivity index (χ2n) is 6.17. The van der Waals surface area contributed by atoms with Crippen molar-refractivity contribution in [1.82, 2.24) is 9.97 Å². The van der Waals surface area contributed by atoms with Gasteiger partial charge in [0.2, 0.25) is 0 Å². The summed E-state index contributed by atoms with van der Waals surface area (Å²) in [5.74, 6) is 2.36. The summed E-state index contributed by atoms with van der Waals surface area (Å²) in [7, 11) is 0. The van der Waals surface area contributed by atoms with Crippen LogP contribution < -0.4 is 4.74 Å². The number of benzene rings is 1. The Bertz CT molecular complexity index is 539. The minimum absolute atomic E-state index is 0.739. The Morgan fingerprint density at radius 2 is 1.65 bits per heavy atom. The first-order chi connectivity index (χ1) is 11.3. The van der Waals surface area contributed by atoms with E-state index >= 15 is 0 Å². The lowest BCUT2D eigenvalue weighted by molar-refractivity contribution is 0.301. The van der Waals surface area contributed by atoms with Gasteiger partial charge in [0, 0.05) is 5.56 Å². The van der Waals surface area contributed by atoms with Gasteiger partial charge >= 0.3 is 0 Å². The molecule has 0 aliphatic rings. The summed E-state index contributed by atoms with van der Waals surface area (Å²) in [6.07, 6.45) is 11.1. The van der Waals surface area contributed by atoms with Crippen LogP contribution in [0.3, 0.4) is 0 Å². The first-order valence-corrected chi connectivity index (χ1v) is 8.80. The van der Waals surface area contributed by atoms with Gasteiger partial charge < -0.3 is 4.74 Å². The molecule has 3 heteroatoms. The molecule has 0 saturated heterocycles. The van der Waals surface area contributed by atoms with Crippen molar-refractivity contribution in [2.45, 2.75) is 52.4 Å². The average Bonchev–Trinajstić information content (AvgIpc) is 2.62. The topological polar surface area (TPSA) is 35.0 Å². The maximum Gasteiger partial charge on any atom is 0.159 e. The number of aromatic nitrogens is 2. The van der Waals surface area contributed by atoms with Gasteiger partial charge in [0.05, 0.1) is 19.0 Å². The third kappa shape index (κ3) is 6.39. The van der Waals surface area contributed by atoms with Gasteiger partial charge in [-0.1, -0.05) is 76.3 Å². The van der Waals surface area contributed by atoms with E-state index in [1.807, 2.05) is 30.3 Å². The minimum Gasteiger partial charge on any atom is -0.490 e. The van der Waals surface area contributed by atoms with Crippen LogP contribution in [0, 0.1) is 5.92 Å². The molecule has 0 N–H and O–H groups in total. The number of ether oxygens (including phenoxy) is 1. The molecule has 2 aromatic rings. The lowest BCUT2D eigenvalue weighted by atomic mass is 10.0. The van der Waals surface area contributed by atoms with E-state index in [2.05, 4.69) is 23.8 Å². The third-order valence-electron chi connectivity index (χ3n) is 4.22. The fraction of sp³-hybridized carbons (Fsp3) is 0.500. The summed E-state index contributed by atoms with van der Waals surface area (Å²) in [6.45, 7) is 5.35. The molecule has 23 heavy (non-hydrogen) atoms. The van der Waals surface area contributed by atoms with Crippen LogP contribution in [-0.4, -0.2) is 16.6 Å². The first-order valence-electron chi connectivity index (χ1n) is 8.80. The molecule has 1 unspecified atom stereocenters. The van der Waals surface area contributed by atoms with Gasteiger partial charge in [-0.05, 0) is 12.3 Å². The van der Waals surface area contributed by atoms with Crippen LogP contribution in [0.2, 0.25) is 0 Å². The third-order valence-corrected chi connectivity index (χ3v) is 4.22. The molecule has 0 bridgehead atoms. The Balaban J connectivity index is 1.63. The Hall–Kier alpha value is -1.90.